The van der Waals surface area contributed by atoms with Crippen molar-refractivity contribution in [2.75, 3.05) is 7.11 Å². The van der Waals surface area contributed by atoms with Gasteiger partial charge in [-0.3, -0.25) is 9.78 Å². The third kappa shape index (κ3) is 4.70. The fourth-order valence-electron chi connectivity index (χ4n) is 2.82. The van der Waals surface area contributed by atoms with Gasteiger partial charge in [0.25, 0.3) is 5.91 Å². The van der Waals surface area contributed by atoms with Gasteiger partial charge in [-0.2, -0.15) is 0 Å². The molecule has 1 amide bonds. The molecule has 0 radical (unpaired) electrons. The number of benzene rings is 2. The predicted octanol–water partition coefficient (Wildman–Crippen LogP) is 3.81. The Morgan fingerprint density at radius 1 is 0.962 bits per heavy atom. The van der Waals surface area contributed by atoms with Gasteiger partial charge >= 0.3 is 0 Å². The van der Waals surface area contributed by atoms with Crippen LogP contribution in [0.5, 0.6) is 5.75 Å². The van der Waals surface area contributed by atoms with Gasteiger partial charge in [0.2, 0.25) is 0 Å². The van der Waals surface area contributed by atoms with E-state index >= 15 is 0 Å². The van der Waals surface area contributed by atoms with Gasteiger partial charge in [0.1, 0.15) is 11.4 Å². The quantitative estimate of drug-likeness (QED) is 0.708. The van der Waals surface area contributed by atoms with E-state index in [9.17, 15) is 4.79 Å². The second kappa shape index (κ2) is 8.81. The number of nitrogens with zero attached hydrogens (tertiary/aromatic N) is 1. The van der Waals surface area contributed by atoms with Crippen molar-refractivity contribution >= 4 is 5.91 Å². The van der Waals surface area contributed by atoms with Gasteiger partial charge < -0.3 is 10.1 Å². The minimum absolute atomic E-state index is 0.171. The Balaban J connectivity index is 1.70. The smallest absolute Gasteiger partial charge is 0.270 e. The number of amides is 1. The molecule has 3 rings (SSSR count). The first-order valence-electron chi connectivity index (χ1n) is 8.65. The molecule has 0 aliphatic heterocycles. The summed E-state index contributed by atoms with van der Waals surface area (Å²) in [5, 5.41) is 2.95. The number of ether oxygens (including phenoxy) is 1. The standard InChI is InChI=1S/C22H22N2O2/c1-26-20-13-12-19(16-24-22(25)21-9-5-6-14-23-21)18(15-20)11-10-17-7-3-2-4-8-17/h2-9,12-15H,10-11,16H2,1H3,(H,24,25). The Morgan fingerprint density at radius 2 is 1.77 bits per heavy atom. The van der Waals surface area contributed by atoms with E-state index in [2.05, 4.69) is 34.6 Å². The van der Waals surface area contributed by atoms with Crippen LogP contribution in [0, 0.1) is 0 Å². The summed E-state index contributed by atoms with van der Waals surface area (Å²) in [6.45, 7) is 0.462. The van der Waals surface area contributed by atoms with E-state index in [0.29, 0.717) is 12.2 Å². The lowest BCUT2D eigenvalue weighted by Crippen LogP contribution is -2.24. The van der Waals surface area contributed by atoms with E-state index in [4.69, 9.17) is 4.74 Å². The molecule has 1 heterocycles. The van der Waals surface area contributed by atoms with Crippen LogP contribution in [0.25, 0.3) is 0 Å². The molecule has 0 atom stereocenters. The number of methoxy groups -OCH3 is 1. The highest BCUT2D eigenvalue weighted by atomic mass is 16.5. The summed E-state index contributed by atoms with van der Waals surface area (Å²) in [5.41, 5.74) is 3.98. The van der Waals surface area contributed by atoms with Crippen LogP contribution >= 0.6 is 0 Å². The van der Waals surface area contributed by atoms with Crippen LogP contribution in [-0.2, 0) is 19.4 Å². The molecular weight excluding hydrogens is 324 g/mol. The fraction of sp³-hybridized carbons (Fsp3) is 0.182. The summed E-state index contributed by atoms with van der Waals surface area (Å²) in [7, 11) is 1.67. The number of carbonyl (C=O) groups excluding carboxylic acids is 1. The Labute approximate surface area is 153 Å². The van der Waals surface area contributed by atoms with E-state index in [1.807, 2.05) is 24.3 Å². The molecule has 0 saturated heterocycles. The van der Waals surface area contributed by atoms with Crippen molar-refractivity contribution in [3.8, 4) is 5.75 Å². The molecule has 3 aromatic rings. The van der Waals surface area contributed by atoms with Crippen LogP contribution in [0.15, 0.2) is 72.9 Å². The molecule has 4 heteroatoms. The Morgan fingerprint density at radius 3 is 2.50 bits per heavy atom. The van der Waals surface area contributed by atoms with E-state index in [1.165, 1.54) is 11.1 Å². The Hall–Kier alpha value is -3.14. The normalized spacial score (nSPS) is 10.3. The molecule has 0 aliphatic carbocycles. The lowest BCUT2D eigenvalue weighted by atomic mass is 9.99. The molecule has 0 saturated carbocycles. The highest BCUT2D eigenvalue weighted by Gasteiger charge is 2.09. The summed E-state index contributed by atoms with van der Waals surface area (Å²) in [4.78, 5) is 16.3. The summed E-state index contributed by atoms with van der Waals surface area (Å²) in [5.74, 6) is 0.656. The highest BCUT2D eigenvalue weighted by molar-refractivity contribution is 5.92. The van der Waals surface area contributed by atoms with E-state index in [0.717, 1.165) is 24.2 Å². The summed E-state index contributed by atoms with van der Waals surface area (Å²) in [6.07, 6.45) is 3.44. The molecule has 4 nitrogen and oxygen atoms in total. The topological polar surface area (TPSA) is 51.2 Å². The number of hydrogen-bond donors (Lipinski definition) is 1. The van der Waals surface area contributed by atoms with Gasteiger partial charge in [0.05, 0.1) is 7.11 Å². The SMILES string of the molecule is COc1ccc(CNC(=O)c2ccccn2)c(CCc2ccccc2)c1. The Kier molecular flexibility index (Phi) is 5.99. The van der Waals surface area contributed by atoms with Crippen molar-refractivity contribution in [1.29, 1.82) is 0 Å². The number of carbonyl (C=O) groups is 1. The van der Waals surface area contributed by atoms with Crippen LogP contribution in [0.4, 0.5) is 0 Å². The molecule has 1 N–H and O–H groups in total. The lowest BCUT2D eigenvalue weighted by molar-refractivity contribution is 0.0946. The van der Waals surface area contributed by atoms with Gasteiger partial charge in [0, 0.05) is 12.7 Å². The minimum Gasteiger partial charge on any atom is -0.497 e. The monoisotopic (exact) mass is 346 g/mol. The van der Waals surface area contributed by atoms with Gasteiger partial charge in [-0.15, -0.1) is 0 Å². The predicted molar refractivity (Wildman–Crippen MR) is 102 cm³/mol. The maximum atomic E-state index is 12.2. The van der Waals surface area contributed by atoms with E-state index in [-0.39, 0.29) is 5.91 Å². The molecule has 0 fully saturated rings. The molecule has 0 spiro atoms. The molecule has 26 heavy (non-hydrogen) atoms. The zero-order valence-corrected chi connectivity index (χ0v) is 14.8. The molecule has 0 unspecified atom stereocenters. The second-order valence-corrected chi connectivity index (χ2v) is 6.02. The fourth-order valence-corrected chi connectivity index (χ4v) is 2.82. The van der Waals surface area contributed by atoms with Gasteiger partial charge in [-0.05, 0) is 53.8 Å². The number of aryl methyl sites for hydroxylation is 2. The van der Waals surface area contributed by atoms with Crippen LogP contribution in [0.1, 0.15) is 27.2 Å². The average Bonchev–Trinajstić information content (AvgIpc) is 2.72. The number of hydrogen-bond acceptors (Lipinski definition) is 3. The van der Waals surface area contributed by atoms with Crippen LogP contribution < -0.4 is 10.1 Å². The van der Waals surface area contributed by atoms with Gasteiger partial charge in [-0.1, -0.05) is 42.5 Å². The largest absolute Gasteiger partial charge is 0.497 e. The zero-order valence-electron chi connectivity index (χ0n) is 14.8. The highest BCUT2D eigenvalue weighted by Crippen LogP contribution is 2.20. The van der Waals surface area contributed by atoms with Crippen LogP contribution in [0.3, 0.4) is 0 Å². The van der Waals surface area contributed by atoms with Crippen LogP contribution in [-0.4, -0.2) is 18.0 Å². The molecule has 0 bridgehead atoms. The third-order valence-corrected chi connectivity index (χ3v) is 4.28. The third-order valence-electron chi connectivity index (χ3n) is 4.28. The summed E-state index contributed by atoms with van der Waals surface area (Å²) in [6, 6.07) is 21.7. The Bertz CT molecular complexity index is 849. The lowest BCUT2D eigenvalue weighted by Gasteiger charge is -2.13. The first kappa shape index (κ1) is 17.7. The van der Waals surface area contributed by atoms with E-state index in [1.54, 1.807) is 31.5 Å². The maximum absolute atomic E-state index is 12.2. The molecule has 0 aliphatic rings. The zero-order chi connectivity index (χ0) is 18.2. The summed E-state index contributed by atoms with van der Waals surface area (Å²) >= 11 is 0. The molecule has 132 valence electrons. The molecular formula is C22H22N2O2. The maximum Gasteiger partial charge on any atom is 0.270 e. The summed E-state index contributed by atoms with van der Waals surface area (Å²) < 4.78 is 5.36. The molecule has 1 aromatic heterocycles. The number of aromatic nitrogens is 1. The van der Waals surface area contributed by atoms with Crippen molar-refractivity contribution in [3.05, 3.63) is 95.3 Å². The average molecular weight is 346 g/mol. The number of nitrogens with one attached hydrogen (secondary N) is 1. The minimum atomic E-state index is -0.171. The van der Waals surface area contributed by atoms with Gasteiger partial charge in [0.15, 0.2) is 0 Å². The molecule has 2 aromatic carbocycles. The number of rotatable bonds is 7. The van der Waals surface area contributed by atoms with Gasteiger partial charge in [-0.25, -0.2) is 0 Å². The van der Waals surface area contributed by atoms with Crippen molar-refractivity contribution in [1.82, 2.24) is 10.3 Å². The first-order valence-corrected chi connectivity index (χ1v) is 8.65. The van der Waals surface area contributed by atoms with Crippen molar-refractivity contribution in [2.24, 2.45) is 0 Å². The number of pyridine rings is 1. The van der Waals surface area contributed by atoms with E-state index < -0.39 is 0 Å². The van der Waals surface area contributed by atoms with Crippen molar-refractivity contribution in [2.45, 2.75) is 19.4 Å². The second-order valence-electron chi connectivity index (χ2n) is 6.02. The first-order chi connectivity index (χ1) is 12.8. The van der Waals surface area contributed by atoms with Crippen molar-refractivity contribution < 1.29 is 9.53 Å². The van der Waals surface area contributed by atoms with Crippen LogP contribution in [0.2, 0.25) is 0 Å². The van der Waals surface area contributed by atoms with Crippen molar-refractivity contribution in [3.63, 3.8) is 0 Å².